The SMILES string of the molecule is COc1ccccc1OC(C)C(=O)Nc1ccccc1C#N. The molecule has 0 heterocycles. The van der Waals surface area contributed by atoms with Gasteiger partial charge in [0.2, 0.25) is 0 Å². The quantitative estimate of drug-likeness (QED) is 0.920. The fourth-order valence-electron chi connectivity index (χ4n) is 1.88. The zero-order chi connectivity index (χ0) is 15.9. The number of carbonyl (C=O) groups is 1. The summed E-state index contributed by atoms with van der Waals surface area (Å²) < 4.78 is 10.8. The number of amides is 1. The van der Waals surface area contributed by atoms with Gasteiger partial charge in [0, 0.05) is 0 Å². The molecule has 2 aromatic carbocycles. The number of nitrogens with zero attached hydrogens (tertiary/aromatic N) is 1. The maximum atomic E-state index is 12.2. The first-order chi connectivity index (χ1) is 10.7. The van der Waals surface area contributed by atoms with E-state index >= 15 is 0 Å². The molecular weight excluding hydrogens is 280 g/mol. The molecule has 22 heavy (non-hydrogen) atoms. The Morgan fingerprint density at radius 3 is 2.45 bits per heavy atom. The van der Waals surface area contributed by atoms with Crippen LogP contribution in [-0.2, 0) is 4.79 Å². The minimum atomic E-state index is -0.733. The Morgan fingerprint density at radius 2 is 1.77 bits per heavy atom. The predicted molar refractivity (Wildman–Crippen MR) is 82.9 cm³/mol. The lowest BCUT2D eigenvalue weighted by Gasteiger charge is -2.17. The van der Waals surface area contributed by atoms with Gasteiger partial charge in [0.15, 0.2) is 17.6 Å². The van der Waals surface area contributed by atoms with Crippen LogP contribution >= 0.6 is 0 Å². The van der Waals surface area contributed by atoms with Crippen molar-refractivity contribution < 1.29 is 14.3 Å². The van der Waals surface area contributed by atoms with Crippen molar-refractivity contribution in [2.24, 2.45) is 0 Å². The van der Waals surface area contributed by atoms with Gasteiger partial charge in [-0.2, -0.15) is 5.26 Å². The van der Waals surface area contributed by atoms with Gasteiger partial charge in [-0.15, -0.1) is 0 Å². The summed E-state index contributed by atoms with van der Waals surface area (Å²) in [6.45, 7) is 1.64. The Kier molecular flexibility index (Phi) is 4.99. The molecule has 2 rings (SSSR count). The Morgan fingerprint density at radius 1 is 1.14 bits per heavy atom. The van der Waals surface area contributed by atoms with Gasteiger partial charge < -0.3 is 14.8 Å². The first-order valence-electron chi connectivity index (χ1n) is 6.75. The van der Waals surface area contributed by atoms with Gasteiger partial charge in [0.05, 0.1) is 18.4 Å². The standard InChI is InChI=1S/C17H16N2O3/c1-12(22-16-10-6-5-9-15(16)21-2)17(20)19-14-8-4-3-7-13(14)11-18/h3-10,12H,1-2H3,(H,19,20). The number of ether oxygens (including phenoxy) is 2. The maximum Gasteiger partial charge on any atom is 0.265 e. The lowest BCUT2D eigenvalue weighted by molar-refractivity contribution is -0.122. The summed E-state index contributed by atoms with van der Waals surface area (Å²) in [7, 11) is 1.54. The molecule has 0 saturated heterocycles. The molecule has 0 aliphatic carbocycles. The van der Waals surface area contributed by atoms with E-state index in [0.717, 1.165) is 0 Å². The molecule has 1 N–H and O–H groups in total. The third kappa shape index (κ3) is 3.55. The highest BCUT2D eigenvalue weighted by Crippen LogP contribution is 2.27. The average molecular weight is 296 g/mol. The van der Waals surface area contributed by atoms with E-state index in [1.54, 1.807) is 49.4 Å². The van der Waals surface area contributed by atoms with Crippen LogP contribution in [0.4, 0.5) is 5.69 Å². The molecule has 112 valence electrons. The first kappa shape index (κ1) is 15.4. The normalized spacial score (nSPS) is 11.1. The predicted octanol–water partition coefficient (Wildman–Crippen LogP) is 2.97. The molecule has 5 heteroatoms. The van der Waals surface area contributed by atoms with Crippen LogP contribution in [0.15, 0.2) is 48.5 Å². The van der Waals surface area contributed by atoms with Crippen molar-refractivity contribution in [3.8, 4) is 17.6 Å². The van der Waals surface area contributed by atoms with E-state index in [1.165, 1.54) is 7.11 Å². The van der Waals surface area contributed by atoms with Crippen molar-refractivity contribution in [2.45, 2.75) is 13.0 Å². The van der Waals surface area contributed by atoms with E-state index < -0.39 is 6.10 Å². The largest absolute Gasteiger partial charge is 0.493 e. The number of carbonyl (C=O) groups excluding carboxylic acids is 1. The number of hydrogen-bond donors (Lipinski definition) is 1. The summed E-state index contributed by atoms with van der Waals surface area (Å²) in [5.74, 6) is 0.703. The van der Waals surface area contributed by atoms with Crippen molar-refractivity contribution in [1.82, 2.24) is 0 Å². The van der Waals surface area contributed by atoms with Crippen LogP contribution < -0.4 is 14.8 Å². The van der Waals surface area contributed by atoms with Crippen LogP contribution in [-0.4, -0.2) is 19.1 Å². The second-order valence-corrected chi connectivity index (χ2v) is 4.56. The summed E-state index contributed by atoms with van der Waals surface area (Å²) in [4.78, 5) is 12.2. The van der Waals surface area contributed by atoms with Gasteiger partial charge in [0.1, 0.15) is 6.07 Å². The van der Waals surface area contributed by atoms with E-state index in [2.05, 4.69) is 5.32 Å². The van der Waals surface area contributed by atoms with Crippen molar-refractivity contribution in [1.29, 1.82) is 5.26 Å². The molecule has 0 radical (unpaired) electrons. The van der Waals surface area contributed by atoms with Crippen LogP contribution in [0.2, 0.25) is 0 Å². The van der Waals surface area contributed by atoms with Gasteiger partial charge in [0.25, 0.3) is 5.91 Å². The molecule has 0 bridgehead atoms. The molecule has 2 aromatic rings. The van der Waals surface area contributed by atoms with Crippen LogP contribution in [0, 0.1) is 11.3 Å². The molecule has 1 amide bonds. The lowest BCUT2D eigenvalue weighted by Crippen LogP contribution is -2.30. The number of nitrogens with one attached hydrogen (secondary N) is 1. The number of benzene rings is 2. The van der Waals surface area contributed by atoms with Crippen molar-refractivity contribution in [3.63, 3.8) is 0 Å². The van der Waals surface area contributed by atoms with Crippen molar-refractivity contribution >= 4 is 11.6 Å². The van der Waals surface area contributed by atoms with E-state index in [9.17, 15) is 4.79 Å². The number of para-hydroxylation sites is 3. The van der Waals surface area contributed by atoms with Crippen LogP contribution in [0.3, 0.4) is 0 Å². The summed E-state index contributed by atoms with van der Waals surface area (Å²) in [6.07, 6.45) is -0.733. The molecule has 0 aliphatic rings. The van der Waals surface area contributed by atoms with Crippen molar-refractivity contribution in [3.05, 3.63) is 54.1 Å². The fourth-order valence-corrected chi connectivity index (χ4v) is 1.88. The zero-order valence-corrected chi connectivity index (χ0v) is 12.4. The number of anilines is 1. The molecule has 0 fully saturated rings. The molecule has 0 saturated carbocycles. The minimum absolute atomic E-state index is 0.339. The highest BCUT2D eigenvalue weighted by atomic mass is 16.5. The topological polar surface area (TPSA) is 71.3 Å². The molecule has 0 aliphatic heterocycles. The number of hydrogen-bond acceptors (Lipinski definition) is 4. The Labute approximate surface area is 129 Å². The van der Waals surface area contributed by atoms with Crippen LogP contribution in [0.25, 0.3) is 0 Å². The van der Waals surface area contributed by atoms with E-state index in [-0.39, 0.29) is 5.91 Å². The molecular formula is C17H16N2O3. The number of methoxy groups -OCH3 is 1. The van der Waals surface area contributed by atoms with Gasteiger partial charge in [-0.25, -0.2) is 0 Å². The summed E-state index contributed by atoms with van der Waals surface area (Å²) in [5, 5.41) is 11.7. The smallest absolute Gasteiger partial charge is 0.265 e. The van der Waals surface area contributed by atoms with E-state index in [0.29, 0.717) is 22.7 Å². The monoisotopic (exact) mass is 296 g/mol. The summed E-state index contributed by atoms with van der Waals surface area (Å²) in [6, 6.07) is 15.9. The Balaban J connectivity index is 2.08. The molecule has 0 spiro atoms. The lowest BCUT2D eigenvalue weighted by atomic mass is 10.2. The minimum Gasteiger partial charge on any atom is -0.493 e. The number of rotatable bonds is 5. The Bertz CT molecular complexity index is 707. The van der Waals surface area contributed by atoms with Crippen LogP contribution in [0.1, 0.15) is 12.5 Å². The third-order valence-electron chi connectivity index (χ3n) is 3.05. The fraction of sp³-hybridized carbons (Fsp3) is 0.176. The number of nitriles is 1. The highest BCUT2D eigenvalue weighted by Gasteiger charge is 2.17. The summed E-state index contributed by atoms with van der Waals surface area (Å²) in [5.41, 5.74) is 0.866. The van der Waals surface area contributed by atoms with E-state index in [1.807, 2.05) is 12.1 Å². The highest BCUT2D eigenvalue weighted by molar-refractivity contribution is 5.95. The maximum absolute atomic E-state index is 12.2. The van der Waals surface area contributed by atoms with E-state index in [4.69, 9.17) is 14.7 Å². The molecule has 1 unspecified atom stereocenters. The third-order valence-corrected chi connectivity index (χ3v) is 3.05. The van der Waals surface area contributed by atoms with Gasteiger partial charge in [-0.05, 0) is 31.2 Å². The second kappa shape index (κ2) is 7.14. The van der Waals surface area contributed by atoms with Gasteiger partial charge in [-0.3, -0.25) is 4.79 Å². The second-order valence-electron chi connectivity index (χ2n) is 4.56. The van der Waals surface area contributed by atoms with Gasteiger partial charge in [-0.1, -0.05) is 24.3 Å². The van der Waals surface area contributed by atoms with Crippen molar-refractivity contribution in [2.75, 3.05) is 12.4 Å². The summed E-state index contributed by atoms with van der Waals surface area (Å²) >= 11 is 0. The molecule has 5 nitrogen and oxygen atoms in total. The zero-order valence-electron chi connectivity index (χ0n) is 12.4. The molecule has 1 atom stereocenters. The van der Waals surface area contributed by atoms with Gasteiger partial charge >= 0.3 is 0 Å². The first-order valence-corrected chi connectivity index (χ1v) is 6.75. The average Bonchev–Trinajstić information content (AvgIpc) is 2.55. The Hall–Kier alpha value is -3.00. The van der Waals surface area contributed by atoms with Crippen LogP contribution in [0.5, 0.6) is 11.5 Å². The molecule has 0 aromatic heterocycles.